The minimum Gasteiger partial charge on any atom is -0.371 e. The molecule has 1 amide bonds. The topological polar surface area (TPSA) is 58.1 Å². The summed E-state index contributed by atoms with van der Waals surface area (Å²) in [5.41, 5.74) is 4.76. The number of piperidine rings is 1. The zero-order chi connectivity index (χ0) is 20.4. The van der Waals surface area contributed by atoms with Gasteiger partial charge in [-0.1, -0.05) is 26.0 Å². The van der Waals surface area contributed by atoms with E-state index in [1.807, 2.05) is 25.1 Å². The number of hydrogen-bond donors (Lipinski definition) is 1. The van der Waals surface area contributed by atoms with Crippen molar-refractivity contribution in [3.63, 3.8) is 0 Å². The number of carbonyl (C=O) groups is 1. The van der Waals surface area contributed by atoms with E-state index in [9.17, 15) is 4.79 Å². The Kier molecular flexibility index (Phi) is 5.22. The molecule has 1 aliphatic rings. The predicted molar refractivity (Wildman–Crippen MR) is 117 cm³/mol. The highest BCUT2D eigenvalue weighted by Crippen LogP contribution is 2.32. The van der Waals surface area contributed by atoms with E-state index in [0.29, 0.717) is 28.9 Å². The standard InChI is InChI=1S/C24H28N4O/c1-17-21(15-19-5-4-12-25-22(19)27-17)23(29)26-16-18-6-8-20(9-7-18)28-13-10-24(2,3)11-14-28/h4-9,12,15H,10-11,13-14,16H2,1-3H3,(H,26,29). The fourth-order valence-corrected chi connectivity index (χ4v) is 3.80. The number of rotatable bonds is 4. The van der Waals surface area contributed by atoms with E-state index in [1.54, 1.807) is 6.20 Å². The number of hydrogen-bond acceptors (Lipinski definition) is 4. The molecule has 0 aliphatic carbocycles. The van der Waals surface area contributed by atoms with Crippen LogP contribution in [0.2, 0.25) is 0 Å². The van der Waals surface area contributed by atoms with E-state index >= 15 is 0 Å². The fraction of sp³-hybridized carbons (Fsp3) is 0.375. The lowest BCUT2D eigenvalue weighted by molar-refractivity contribution is 0.0950. The smallest absolute Gasteiger partial charge is 0.253 e. The van der Waals surface area contributed by atoms with Gasteiger partial charge in [0, 0.05) is 36.9 Å². The molecule has 3 aromatic rings. The molecule has 5 nitrogen and oxygen atoms in total. The van der Waals surface area contributed by atoms with Crippen molar-refractivity contribution in [1.29, 1.82) is 0 Å². The summed E-state index contributed by atoms with van der Waals surface area (Å²) in [7, 11) is 0. The molecule has 1 aromatic carbocycles. The first-order valence-corrected chi connectivity index (χ1v) is 10.3. The first-order valence-electron chi connectivity index (χ1n) is 10.3. The first-order chi connectivity index (χ1) is 13.9. The van der Waals surface area contributed by atoms with Crippen molar-refractivity contribution in [2.45, 2.75) is 40.2 Å². The molecule has 1 saturated heterocycles. The summed E-state index contributed by atoms with van der Waals surface area (Å²) in [6, 6.07) is 14.2. The number of carbonyl (C=O) groups excluding carboxylic acids is 1. The third-order valence-electron chi connectivity index (χ3n) is 5.90. The SMILES string of the molecule is Cc1nc2ncccc2cc1C(=O)NCc1ccc(N2CCC(C)(C)CC2)cc1. The Morgan fingerprint density at radius 1 is 1.14 bits per heavy atom. The van der Waals surface area contributed by atoms with Crippen LogP contribution in [0.25, 0.3) is 11.0 Å². The van der Waals surface area contributed by atoms with Crippen molar-refractivity contribution >= 4 is 22.6 Å². The monoisotopic (exact) mass is 388 g/mol. The van der Waals surface area contributed by atoms with Crippen LogP contribution >= 0.6 is 0 Å². The van der Waals surface area contributed by atoms with Gasteiger partial charge in [0.05, 0.1) is 11.3 Å². The third-order valence-corrected chi connectivity index (χ3v) is 5.90. The molecule has 29 heavy (non-hydrogen) atoms. The van der Waals surface area contributed by atoms with Gasteiger partial charge in [-0.05, 0) is 61.1 Å². The minimum absolute atomic E-state index is 0.108. The molecule has 3 heterocycles. The highest BCUT2D eigenvalue weighted by molar-refractivity contribution is 5.98. The van der Waals surface area contributed by atoms with Gasteiger partial charge in [-0.15, -0.1) is 0 Å². The van der Waals surface area contributed by atoms with Gasteiger partial charge >= 0.3 is 0 Å². The Morgan fingerprint density at radius 2 is 1.86 bits per heavy atom. The molecule has 1 N–H and O–H groups in total. The van der Waals surface area contributed by atoms with Crippen molar-refractivity contribution in [1.82, 2.24) is 15.3 Å². The summed E-state index contributed by atoms with van der Waals surface area (Å²) in [5.74, 6) is -0.108. The van der Waals surface area contributed by atoms with Crippen LogP contribution in [-0.2, 0) is 6.54 Å². The van der Waals surface area contributed by atoms with Crippen molar-refractivity contribution < 1.29 is 4.79 Å². The predicted octanol–water partition coefficient (Wildman–Crippen LogP) is 4.49. The molecule has 2 aromatic heterocycles. The number of pyridine rings is 2. The van der Waals surface area contributed by atoms with Gasteiger partial charge in [0.2, 0.25) is 0 Å². The van der Waals surface area contributed by atoms with Crippen molar-refractivity contribution in [3.8, 4) is 0 Å². The third kappa shape index (κ3) is 4.39. The summed E-state index contributed by atoms with van der Waals surface area (Å²) >= 11 is 0. The van der Waals surface area contributed by atoms with Gasteiger partial charge in [0.15, 0.2) is 5.65 Å². The Morgan fingerprint density at radius 3 is 2.59 bits per heavy atom. The number of aromatic nitrogens is 2. The molecule has 0 radical (unpaired) electrons. The van der Waals surface area contributed by atoms with Crippen LogP contribution in [0.15, 0.2) is 48.7 Å². The molecule has 5 heteroatoms. The molecule has 4 rings (SSSR count). The number of amides is 1. The van der Waals surface area contributed by atoms with Crippen molar-refractivity contribution in [3.05, 3.63) is 65.5 Å². The average Bonchev–Trinajstić information content (AvgIpc) is 2.72. The van der Waals surface area contributed by atoms with Crippen LogP contribution in [0.4, 0.5) is 5.69 Å². The number of nitrogens with zero attached hydrogens (tertiary/aromatic N) is 3. The quantitative estimate of drug-likeness (QED) is 0.715. The molecule has 0 spiro atoms. The van der Waals surface area contributed by atoms with E-state index in [1.165, 1.54) is 18.5 Å². The normalized spacial score (nSPS) is 16.0. The highest BCUT2D eigenvalue weighted by atomic mass is 16.1. The maximum absolute atomic E-state index is 12.7. The zero-order valence-electron chi connectivity index (χ0n) is 17.4. The molecule has 150 valence electrons. The second kappa shape index (κ2) is 7.82. The Balaban J connectivity index is 1.39. The lowest BCUT2D eigenvalue weighted by atomic mass is 9.82. The van der Waals surface area contributed by atoms with E-state index in [0.717, 1.165) is 24.0 Å². The van der Waals surface area contributed by atoms with Crippen molar-refractivity contribution in [2.75, 3.05) is 18.0 Å². The number of fused-ring (bicyclic) bond motifs is 1. The van der Waals surface area contributed by atoms with Gasteiger partial charge < -0.3 is 10.2 Å². The highest BCUT2D eigenvalue weighted by Gasteiger charge is 2.25. The van der Waals surface area contributed by atoms with Gasteiger partial charge in [-0.2, -0.15) is 0 Å². The van der Waals surface area contributed by atoms with Crippen LogP contribution in [0.1, 0.15) is 48.3 Å². The first kappa shape index (κ1) is 19.4. The summed E-state index contributed by atoms with van der Waals surface area (Å²) in [5, 5.41) is 3.89. The fourth-order valence-electron chi connectivity index (χ4n) is 3.80. The molecular formula is C24H28N4O. The van der Waals surface area contributed by atoms with Gasteiger partial charge in [-0.25, -0.2) is 9.97 Å². The van der Waals surface area contributed by atoms with E-state index < -0.39 is 0 Å². The summed E-state index contributed by atoms with van der Waals surface area (Å²) < 4.78 is 0. The van der Waals surface area contributed by atoms with Crippen LogP contribution in [0.5, 0.6) is 0 Å². The molecule has 0 saturated carbocycles. The van der Waals surface area contributed by atoms with E-state index in [4.69, 9.17) is 0 Å². The molecule has 0 atom stereocenters. The second-order valence-corrected chi connectivity index (χ2v) is 8.67. The summed E-state index contributed by atoms with van der Waals surface area (Å²) in [6.45, 7) is 9.24. The molecule has 1 aliphatic heterocycles. The van der Waals surface area contributed by atoms with Crippen LogP contribution in [0.3, 0.4) is 0 Å². The number of benzene rings is 1. The largest absolute Gasteiger partial charge is 0.371 e. The van der Waals surface area contributed by atoms with Crippen LogP contribution in [0, 0.1) is 12.3 Å². The van der Waals surface area contributed by atoms with Gasteiger partial charge in [0.25, 0.3) is 5.91 Å². The molecular weight excluding hydrogens is 360 g/mol. The summed E-state index contributed by atoms with van der Waals surface area (Å²) in [4.78, 5) is 23.8. The maximum Gasteiger partial charge on any atom is 0.253 e. The Hall–Kier alpha value is -2.95. The Bertz CT molecular complexity index is 1020. The number of nitrogens with one attached hydrogen (secondary N) is 1. The number of aryl methyl sites for hydroxylation is 1. The minimum atomic E-state index is -0.108. The van der Waals surface area contributed by atoms with Crippen molar-refractivity contribution in [2.24, 2.45) is 5.41 Å². The Labute approximate surface area is 172 Å². The maximum atomic E-state index is 12.7. The second-order valence-electron chi connectivity index (χ2n) is 8.67. The van der Waals surface area contributed by atoms with Crippen LogP contribution in [-0.4, -0.2) is 29.0 Å². The molecule has 1 fully saturated rings. The average molecular weight is 389 g/mol. The number of anilines is 1. The van der Waals surface area contributed by atoms with E-state index in [-0.39, 0.29) is 5.91 Å². The lowest BCUT2D eigenvalue weighted by Crippen LogP contribution is -2.37. The molecule has 0 bridgehead atoms. The van der Waals surface area contributed by atoms with E-state index in [2.05, 4.69) is 58.3 Å². The van der Waals surface area contributed by atoms with Gasteiger partial charge in [-0.3, -0.25) is 4.79 Å². The molecule has 0 unspecified atom stereocenters. The lowest BCUT2D eigenvalue weighted by Gasteiger charge is -2.38. The van der Waals surface area contributed by atoms with Crippen LogP contribution < -0.4 is 10.2 Å². The zero-order valence-corrected chi connectivity index (χ0v) is 17.4. The van der Waals surface area contributed by atoms with Gasteiger partial charge in [0.1, 0.15) is 0 Å². The summed E-state index contributed by atoms with van der Waals surface area (Å²) in [6.07, 6.45) is 4.15.